The summed E-state index contributed by atoms with van der Waals surface area (Å²) in [6.45, 7) is 0. The number of fused-ring (bicyclic) bond motifs is 4. The predicted molar refractivity (Wildman–Crippen MR) is 240 cm³/mol. The zero-order chi connectivity index (χ0) is 37.7. The fourth-order valence-corrected chi connectivity index (χ4v) is 9.04. The van der Waals surface area contributed by atoms with E-state index in [0.717, 1.165) is 28.3 Å². The first-order valence-corrected chi connectivity index (χ1v) is 19.5. The molecule has 0 fully saturated rings. The van der Waals surface area contributed by atoms with Gasteiger partial charge in [0.15, 0.2) is 0 Å². The van der Waals surface area contributed by atoms with Gasteiger partial charge in [-0.05, 0) is 126 Å². The zero-order valence-electron chi connectivity index (χ0n) is 31.2. The zero-order valence-corrected chi connectivity index (χ0v) is 31.2. The minimum absolute atomic E-state index is 0.953. The Kier molecular flexibility index (Phi) is 7.86. The fraction of sp³-hybridized carbons (Fsp3) is 0. The molecule has 0 unspecified atom stereocenters. The van der Waals surface area contributed by atoms with Crippen molar-refractivity contribution < 1.29 is 0 Å². The van der Waals surface area contributed by atoms with Crippen molar-refractivity contribution in [1.29, 1.82) is 0 Å². The van der Waals surface area contributed by atoms with Crippen LogP contribution in [0.15, 0.2) is 219 Å². The minimum atomic E-state index is 0.953. The molecule has 0 aliphatic heterocycles. The van der Waals surface area contributed by atoms with E-state index < -0.39 is 0 Å². The summed E-state index contributed by atoms with van der Waals surface area (Å²) < 4.78 is 0. The molecule has 0 spiro atoms. The second-order valence-corrected chi connectivity index (χ2v) is 14.7. The van der Waals surface area contributed by atoms with Crippen LogP contribution < -0.4 is 4.90 Å². The molecule has 0 saturated carbocycles. The molecular weight excluding hydrogens is 689 g/mol. The first kappa shape index (κ1) is 32.8. The number of hydrogen-bond donors (Lipinski definition) is 0. The molecule has 0 amide bonds. The maximum absolute atomic E-state index is 4.65. The van der Waals surface area contributed by atoms with Crippen LogP contribution >= 0.6 is 0 Å². The van der Waals surface area contributed by atoms with Gasteiger partial charge in [0.05, 0.1) is 5.69 Å². The standard InChI is InChI=1S/C55H36N2/c1-4-17-37(18-5-1)51-46-27-10-11-28-47(46)52(38-19-6-2-7-20-38)55-49-33-32-44(45-29-16-30-48(53(45)49)54(51)55)39-21-14-25-42(35-39)57(41-23-8-3-9-24-41)43-26-15-22-40(36-43)50-31-12-13-34-56-50/h1-36H. The van der Waals surface area contributed by atoms with E-state index in [1.807, 2.05) is 18.3 Å². The summed E-state index contributed by atoms with van der Waals surface area (Å²) in [6, 6.07) is 76.8. The Labute approximate surface area is 332 Å². The second-order valence-electron chi connectivity index (χ2n) is 14.7. The lowest BCUT2D eigenvalue weighted by Crippen LogP contribution is -2.10. The van der Waals surface area contributed by atoms with Crippen LogP contribution in [0.2, 0.25) is 0 Å². The topological polar surface area (TPSA) is 16.1 Å². The molecule has 266 valence electrons. The van der Waals surface area contributed by atoms with Gasteiger partial charge in [-0.3, -0.25) is 4.98 Å². The van der Waals surface area contributed by atoms with Crippen molar-refractivity contribution in [3.8, 4) is 66.9 Å². The summed E-state index contributed by atoms with van der Waals surface area (Å²) in [5.41, 5.74) is 17.9. The smallest absolute Gasteiger partial charge is 0.0702 e. The summed E-state index contributed by atoms with van der Waals surface area (Å²) in [5, 5.41) is 5.10. The van der Waals surface area contributed by atoms with Crippen molar-refractivity contribution in [3.63, 3.8) is 0 Å². The normalized spacial score (nSPS) is 11.5. The number of aromatic nitrogens is 1. The van der Waals surface area contributed by atoms with Crippen molar-refractivity contribution in [2.75, 3.05) is 4.90 Å². The monoisotopic (exact) mass is 724 g/mol. The van der Waals surface area contributed by atoms with Crippen LogP contribution in [-0.4, -0.2) is 4.98 Å². The van der Waals surface area contributed by atoms with Gasteiger partial charge in [-0.1, -0.05) is 164 Å². The Hall–Kier alpha value is -7.55. The summed E-state index contributed by atoms with van der Waals surface area (Å²) in [7, 11) is 0. The molecule has 0 bridgehead atoms. The van der Waals surface area contributed by atoms with E-state index in [2.05, 4.69) is 210 Å². The lowest BCUT2D eigenvalue weighted by atomic mass is 9.82. The Balaban J connectivity index is 1.13. The van der Waals surface area contributed by atoms with E-state index in [0.29, 0.717) is 0 Å². The predicted octanol–water partition coefficient (Wildman–Crippen LogP) is 15.2. The van der Waals surface area contributed by atoms with Crippen LogP contribution in [0.3, 0.4) is 0 Å². The maximum atomic E-state index is 4.65. The highest BCUT2D eigenvalue weighted by molar-refractivity contribution is 6.28. The summed E-state index contributed by atoms with van der Waals surface area (Å²) in [6.07, 6.45) is 1.85. The van der Waals surface area contributed by atoms with E-state index in [1.54, 1.807) is 0 Å². The van der Waals surface area contributed by atoms with Crippen LogP contribution in [0.25, 0.3) is 88.4 Å². The highest BCUT2D eigenvalue weighted by Gasteiger charge is 2.31. The SMILES string of the molecule is c1ccc(-c2c3c(c(-c4ccccc4)c4ccccc24)-c2ccc(-c4cccc(N(c5ccccc5)c5cccc(-c6ccccn6)c5)c4)c4cccc-3c24)cc1. The van der Waals surface area contributed by atoms with Crippen LogP contribution in [0.1, 0.15) is 0 Å². The van der Waals surface area contributed by atoms with Gasteiger partial charge >= 0.3 is 0 Å². The van der Waals surface area contributed by atoms with Gasteiger partial charge in [0.25, 0.3) is 0 Å². The third-order valence-electron chi connectivity index (χ3n) is 11.4. The van der Waals surface area contributed by atoms with Gasteiger partial charge in [0, 0.05) is 28.8 Å². The molecule has 0 radical (unpaired) electrons. The molecule has 1 heterocycles. The summed E-state index contributed by atoms with van der Waals surface area (Å²) >= 11 is 0. The third-order valence-corrected chi connectivity index (χ3v) is 11.4. The lowest BCUT2D eigenvalue weighted by Gasteiger charge is -2.26. The molecule has 10 aromatic rings. The Morgan fingerprint density at radius 3 is 1.40 bits per heavy atom. The van der Waals surface area contributed by atoms with E-state index in [-0.39, 0.29) is 0 Å². The van der Waals surface area contributed by atoms with Crippen molar-refractivity contribution in [1.82, 2.24) is 4.98 Å². The molecule has 2 nitrogen and oxygen atoms in total. The van der Waals surface area contributed by atoms with Crippen molar-refractivity contribution >= 4 is 38.6 Å². The number of pyridine rings is 1. The molecule has 0 atom stereocenters. The van der Waals surface area contributed by atoms with Crippen LogP contribution in [0, 0.1) is 0 Å². The second kappa shape index (κ2) is 13.6. The molecule has 0 N–H and O–H groups in total. The van der Waals surface area contributed by atoms with E-state index in [4.69, 9.17) is 0 Å². The number of anilines is 3. The van der Waals surface area contributed by atoms with Crippen molar-refractivity contribution in [2.24, 2.45) is 0 Å². The van der Waals surface area contributed by atoms with Gasteiger partial charge in [-0.15, -0.1) is 0 Å². The Morgan fingerprint density at radius 1 is 0.298 bits per heavy atom. The maximum Gasteiger partial charge on any atom is 0.0702 e. The number of rotatable bonds is 7. The number of benzene rings is 9. The van der Waals surface area contributed by atoms with Gasteiger partial charge in [0.2, 0.25) is 0 Å². The highest BCUT2D eigenvalue weighted by Crippen LogP contribution is 2.58. The highest BCUT2D eigenvalue weighted by atomic mass is 15.1. The van der Waals surface area contributed by atoms with E-state index in [1.165, 1.54) is 77.2 Å². The Morgan fingerprint density at radius 2 is 0.772 bits per heavy atom. The fourth-order valence-electron chi connectivity index (χ4n) is 9.04. The molecule has 9 aromatic carbocycles. The molecule has 0 saturated heterocycles. The van der Waals surface area contributed by atoms with Crippen molar-refractivity contribution in [2.45, 2.75) is 0 Å². The number of nitrogens with zero attached hydrogens (tertiary/aromatic N) is 2. The first-order chi connectivity index (χ1) is 28.3. The van der Waals surface area contributed by atoms with Gasteiger partial charge in [0.1, 0.15) is 0 Å². The first-order valence-electron chi connectivity index (χ1n) is 19.5. The van der Waals surface area contributed by atoms with Gasteiger partial charge < -0.3 is 4.90 Å². The molecule has 11 rings (SSSR count). The quantitative estimate of drug-likeness (QED) is 0.163. The molecule has 57 heavy (non-hydrogen) atoms. The van der Waals surface area contributed by atoms with Crippen LogP contribution in [0.5, 0.6) is 0 Å². The van der Waals surface area contributed by atoms with E-state index >= 15 is 0 Å². The minimum Gasteiger partial charge on any atom is -0.310 e. The van der Waals surface area contributed by atoms with Crippen LogP contribution in [-0.2, 0) is 0 Å². The van der Waals surface area contributed by atoms with Crippen LogP contribution in [0.4, 0.5) is 17.1 Å². The van der Waals surface area contributed by atoms with Crippen molar-refractivity contribution in [3.05, 3.63) is 219 Å². The number of hydrogen-bond acceptors (Lipinski definition) is 2. The molecule has 1 aliphatic rings. The molecular formula is C55H36N2. The Bertz CT molecular complexity index is 3010. The van der Waals surface area contributed by atoms with Gasteiger partial charge in [-0.25, -0.2) is 0 Å². The van der Waals surface area contributed by atoms with Gasteiger partial charge in [-0.2, -0.15) is 0 Å². The largest absolute Gasteiger partial charge is 0.310 e. The summed E-state index contributed by atoms with van der Waals surface area (Å²) in [5.74, 6) is 0. The average Bonchev–Trinajstić information content (AvgIpc) is 3.62. The van der Waals surface area contributed by atoms with E-state index in [9.17, 15) is 0 Å². The average molecular weight is 725 g/mol. The molecule has 1 aromatic heterocycles. The summed E-state index contributed by atoms with van der Waals surface area (Å²) in [4.78, 5) is 7.00. The third kappa shape index (κ3) is 5.45. The lowest BCUT2D eigenvalue weighted by molar-refractivity contribution is 1.27. The number of para-hydroxylation sites is 1. The molecule has 2 heteroatoms. The molecule has 1 aliphatic carbocycles.